The van der Waals surface area contributed by atoms with Gasteiger partial charge in [-0.05, 0) is 12.1 Å². The third-order valence-corrected chi connectivity index (χ3v) is 4.47. The van der Waals surface area contributed by atoms with E-state index in [1.807, 2.05) is 29.0 Å². The Balaban J connectivity index is 0.00000225. The molecule has 0 atom stereocenters. The summed E-state index contributed by atoms with van der Waals surface area (Å²) in [5.41, 5.74) is 7.23. The molecule has 3 aromatic rings. The van der Waals surface area contributed by atoms with Crippen LogP contribution >= 0.6 is 24.0 Å². The fourth-order valence-corrected chi connectivity index (χ4v) is 3.03. The smallest absolute Gasteiger partial charge is 0.225 e. The summed E-state index contributed by atoms with van der Waals surface area (Å²) < 4.78 is 1.87. The zero-order valence-electron chi connectivity index (χ0n) is 15.3. The number of nitrogens with two attached hydrogens (primary N) is 1. The van der Waals surface area contributed by atoms with Crippen molar-refractivity contribution in [2.24, 2.45) is 10.7 Å². The molecule has 0 spiro atoms. The van der Waals surface area contributed by atoms with Gasteiger partial charge in [-0.3, -0.25) is 4.57 Å². The molecule has 4 rings (SSSR count). The first kappa shape index (κ1) is 20.0. The number of hydrogen-bond donors (Lipinski definition) is 1. The number of anilines is 1. The van der Waals surface area contributed by atoms with Gasteiger partial charge in [0.25, 0.3) is 0 Å². The molecule has 1 aliphatic rings. The second-order valence-electron chi connectivity index (χ2n) is 6.15. The van der Waals surface area contributed by atoms with E-state index < -0.39 is 0 Å². The molecule has 0 amide bonds. The number of aliphatic imine (C=N–C) groups is 1. The van der Waals surface area contributed by atoms with Gasteiger partial charge in [0.05, 0.1) is 6.54 Å². The van der Waals surface area contributed by atoms with Crippen LogP contribution in [-0.4, -0.2) is 61.5 Å². The van der Waals surface area contributed by atoms with Crippen molar-refractivity contribution >= 4 is 35.9 Å². The third-order valence-electron chi connectivity index (χ3n) is 4.47. The predicted molar refractivity (Wildman–Crippen MR) is 118 cm³/mol. The van der Waals surface area contributed by atoms with E-state index in [1.165, 1.54) is 0 Å². The zero-order chi connectivity index (χ0) is 18.5. The van der Waals surface area contributed by atoms with Crippen LogP contribution in [0.5, 0.6) is 0 Å². The van der Waals surface area contributed by atoms with E-state index >= 15 is 0 Å². The second kappa shape index (κ2) is 9.44. The molecule has 0 bridgehead atoms. The fraction of sp³-hybridized carbons (Fsp3) is 0.278. The van der Waals surface area contributed by atoms with Crippen molar-refractivity contribution in [3.63, 3.8) is 0 Å². The quantitative estimate of drug-likeness (QED) is 0.334. The molecular weight excluding hydrogens is 469 g/mol. The summed E-state index contributed by atoms with van der Waals surface area (Å²) in [5, 5.41) is 0. The number of guanidine groups is 1. The number of aromatic nitrogens is 5. The summed E-state index contributed by atoms with van der Waals surface area (Å²) in [7, 11) is 0. The summed E-state index contributed by atoms with van der Waals surface area (Å²) in [6, 6.07) is 5.73. The highest BCUT2D eigenvalue weighted by Gasteiger charge is 2.20. The summed E-state index contributed by atoms with van der Waals surface area (Å²) in [5.74, 6) is 2.12. The van der Waals surface area contributed by atoms with Crippen LogP contribution in [0.4, 0.5) is 5.95 Å². The highest BCUT2D eigenvalue weighted by atomic mass is 127. The van der Waals surface area contributed by atoms with Gasteiger partial charge in [0.1, 0.15) is 12.1 Å². The number of nitrogens with zero attached hydrogens (tertiary/aromatic N) is 8. The summed E-state index contributed by atoms with van der Waals surface area (Å²) in [6.45, 7) is 3.67. The molecular formula is C18H22IN9. The summed E-state index contributed by atoms with van der Waals surface area (Å²) in [6.07, 6.45) is 10.6. The molecule has 1 fully saturated rings. The van der Waals surface area contributed by atoms with Crippen LogP contribution in [-0.2, 0) is 6.54 Å². The minimum atomic E-state index is 0. The maximum absolute atomic E-state index is 6.24. The Hall–Kier alpha value is -2.76. The maximum Gasteiger partial charge on any atom is 0.225 e. The van der Waals surface area contributed by atoms with E-state index in [-0.39, 0.29) is 24.0 Å². The van der Waals surface area contributed by atoms with Gasteiger partial charge in [-0.1, -0.05) is 6.07 Å². The SMILES string of the molecule is I.NC(=NCc1cccnc1-n1ccnc1)N1CCN(c2ncccn2)CC1. The lowest BCUT2D eigenvalue weighted by atomic mass is 10.2. The van der Waals surface area contributed by atoms with Crippen LogP contribution in [0.2, 0.25) is 0 Å². The van der Waals surface area contributed by atoms with Gasteiger partial charge in [-0.2, -0.15) is 0 Å². The number of piperazine rings is 1. The van der Waals surface area contributed by atoms with E-state index in [0.717, 1.165) is 43.5 Å². The topological polar surface area (TPSA) is 101 Å². The summed E-state index contributed by atoms with van der Waals surface area (Å²) in [4.78, 5) is 25.9. The van der Waals surface area contributed by atoms with Crippen LogP contribution in [0, 0.1) is 0 Å². The molecule has 4 heterocycles. The lowest BCUT2D eigenvalue weighted by molar-refractivity contribution is 0.378. The van der Waals surface area contributed by atoms with Crippen molar-refractivity contribution in [3.8, 4) is 5.82 Å². The molecule has 2 N–H and O–H groups in total. The first-order valence-electron chi connectivity index (χ1n) is 8.80. The van der Waals surface area contributed by atoms with Gasteiger partial charge >= 0.3 is 0 Å². The monoisotopic (exact) mass is 491 g/mol. The normalized spacial score (nSPS) is 14.6. The average Bonchev–Trinajstić information content (AvgIpc) is 3.28. The third kappa shape index (κ3) is 4.55. The minimum Gasteiger partial charge on any atom is -0.370 e. The zero-order valence-corrected chi connectivity index (χ0v) is 17.6. The largest absolute Gasteiger partial charge is 0.370 e. The molecule has 0 aliphatic carbocycles. The first-order valence-corrected chi connectivity index (χ1v) is 8.80. The highest BCUT2D eigenvalue weighted by molar-refractivity contribution is 14.0. The summed E-state index contributed by atoms with van der Waals surface area (Å²) >= 11 is 0. The second-order valence-corrected chi connectivity index (χ2v) is 6.15. The van der Waals surface area contributed by atoms with Crippen molar-refractivity contribution in [1.82, 2.24) is 29.4 Å². The van der Waals surface area contributed by atoms with Crippen molar-refractivity contribution in [3.05, 3.63) is 61.1 Å². The average molecular weight is 491 g/mol. The van der Waals surface area contributed by atoms with E-state index in [2.05, 4.69) is 34.7 Å². The van der Waals surface area contributed by atoms with Crippen molar-refractivity contribution in [2.45, 2.75) is 6.54 Å². The number of halogens is 1. The van der Waals surface area contributed by atoms with E-state index in [1.54, 1.807) is 31.1 Å². The predicted octanol–water partition coefficient (Wildman–Crippen LogP) is 1.31. The Kier molecular flexibility index (Phi) is 6.74. The van der Waals surface area contributed by atoms with Crippen LogP contribution < -0.4 is 10.6 Å². The molecule has 3 aromatic heterocycles. The molecule has 1 aliphatic heterocycles. The number of rotatable bonds is 4. The van der Waals surface area contributed by atoms with Crippen LogP contribution in [0.15, 0.2) is 60.5 Å². The molecule has 0 aromatic carbocycles. The van der Waals surface area contributed by atoms with Gasteiger partial charge < -0.3 is 15.5 Å². The lowest BCUT2D eigenvalue weighted by Crippen LogP contribution is -2.51. The molecule has 9 nitrogen and oxygen atoms in total. The van der Waals surface area contributed by atoms with Crippen molar-refractivity contribution in [1.29, 1.82) is 0 Å². The Morgan fingerprint density at radius 3 is 2.46 bits per heavy atom. The number of pyridine rings is 1. The standard InChI is InChI=1S/C18H21N9.HI/c19-17(25-9-11-26(12-10-25)18-22-5-2-6-23-18)24-13-15-3-1-4-21-16(15)27-8-7-20-14-27;/h1-8,14H,9-13H2,(H2,19,24);1H. The van der Waals surface area contributed by atoms with Gasteiger partial charge in [0.15, 0.2) is 5.96 Å². The molecule has 146 valence electrons. The Labute approximate surface area is 180 Å². The highest BCUT2D eigenvalue weighted by Crippen LogP contribution is 2.13. The van der Waals surface area contributed by atoms with Crippen LogP contribution in [0.1, 0.15) is 5.56 Å². The van der Waals surface area contributed by atoms with Crippen molar-refractivity contribution in [2.75, 3.05) is 31.1 Å². The molecule has 10 heteroatoms. The lowest BCUT2D eigenvalue weighted by Gasteiger charge is -2.35. The van der Waals surface area contributed by atoms with Crippen LogP contribution in [0.3, 0.4) is 0 Å². The molecule has 28 heavy (non-hydrogen) atoms. The van der Waals surface area contributed by atoms with Gasteiger partial charge in [0.2, 0.25) is 5.95 Å². The Morgan fingerprint density at radius 1 is 1.00 bits per heavy atom. The molecule has 0 saturated carbocycles. The molecule has 1 saturated heterocycles. The minimum absolute atomic E-state index is 0. The van der Waals surface area contributed by atoms with E-state index in [9.17, 15) is 0 Å². The van der Waals surface area contributed by atoms with E-state index in [4.69, 9.17) is 5.73 Å². The van der Waals surface area contributed by atoms with Crippen LogP contribution in [0.25, 0.3) is 5.82 Å². The maximum atomic E-state index is 6.24. The van der Waals surface area contributed by atoms with Gasteiger partial charge in [-0.25, -0.2) is 24.9 Å². The molecule has 0 radical (unpaired) electrons. The molecule has 0 unspecified atom stereocenters. The van der Waals surface area contributed by atoms with Gasteiger partial charge in [0, 0.05) is 62.7 Å². The number of imidazole rings is 1. The van der Waals surface area contributed by atoms with E-state index in [0.29, 0.717) is 12.5 Å². The Bertz CT molecular complexity index is 890. The first-order chi connectivity index (χ1) is 13.3. The number of hydrogen-bond acceptors (Lipinski definition) is 6. The fourth-order valence-electron chi connectivity index (χ4n) is 3.03. The van der Waals surface area contributed by atoms with Crippen molar-refractivity contribution < 1.29 is 0 Å². The van der Waals surface area contributed by atoms with Gasteiger partial charge in [-0.15, -0.1) is 24.0 Å². The Morgan fingerprint density at radius 2 is 1.75 bits per heavy atom.